The monoisotopic (exact) mass is 323 g/mol. The molecule has 0 spiro atoms. The number of carbonyl (C=O) groups excluding carboxylic acids is 1. The van der Waals surface area contributed by atoms with Gasteiger partial charge in [-0.05, 0) is 16.7 Å². The average molecular weight is 323 g/mol. The second-order valence-electron chi connectivity index (χ2n) is 5.15. The summed E-state index contributed by atoms with van der Waals surface area (Å²) in [5.74, 6) is -0.854. The molecule has 2 aromatic rings. The molecule has 2 unspecified atom stereocenters. The summed E-state index contributed by atoms with van der Waals surface area (Å²) < 4.78 is 39.0. The molecule has 0 aromatic heterocycles. The highest BCUT2D eigenvalue weighted by Crippen LogP contribution is 2.31. The van der Waals surface area contributed by atoms with Crippen molar-refractivity contribution in [1.29, 1.82) is 0 Å². The summed E-state index contributed by atoms with van der Waals surface area (Å²) in [4.78, 5) is 11.0. The zero-order valence-corrected chi connectivity index (χ0v) is 12.3. The van der Waals surface area contributed by atoms with Crippen molar-refractivity contribution < 1.29 is 23.1 Å². The maximum absolute atomic E-state index is 13.0. The molecule has 0 radical (unpaired) electrons. The number of benzene rings is 2. The van der Waals surface area contributed by atoms with E-state index in [1.807, 2.05) is 30.3 Å². The van der Waals surface area contributed by atoms with E-state index in [-0.39, 0.29) is 5.56 Å². The predicted octanol–water partition coefficient (Wildman–Crippen LogP) is 3.45. The number of aliphatic hydroxyl groups excluding tert-OH is 1. The molecule has 6 heteroatoms. The average Bonchev–Trinajstić information content (AvgIpc) is 2.52. The Kier molecular flexibility index (Phi) is 5.05. The molecule has 2 atom stereocenters. The molecule has 0 saturated heterocycles. The summed E-state index contributed by atoms with van der Waals surface area (Å²) in [6, 6.07) is 13.1. The lowest BCUT2D eigenvalue weighted by atomic mass is 9.98. The van der Waals surface area contributed by atoms with Crippen LogP contribution in [0.1, 0.15) is 18.6 Å². The van der Waals surface area contributed by atoms with Crippen LogP contribution in [0.2, 0.25) is 0 Å². The van der Waals surface area contributed by atoms with Crippen LogP contribution in [0.5, 0.6) is 0 Å². The van der Waals surface area contributed by atoms with Crippen molar-refractivity contribution in [2.24, 2.45) is 0 Å². The molecule has 0 heterocycles. The Morgan fingerprint density at radius 2 is 1.52 bits per heavy atom. The molecule has 0 aliphatic rings. The molecule has 23 heavy (non-hydrogen) atoms. The third-order valence-corrected chi connectivity index (χ3v) is 3.39. The number of hydrogen-bond donors (Lipinski definition) is 2. The number of aliphatic hydroxyl groups is 1. The molecule has 0 fully saturated rings. The second kappa shape index (κ2) is 6.83. The van der Waals surface area contributed by atoms with Crippen LogP contribution in [0.15, 0.2) is 54.6 Å². The summed E-state index contributed by atoms with van der Waals surface area (Å²) in [5, 5.41) is 11.7. The van der Waals surface area contributed by atoms with Gasteiger partial charge >= 0.3 is 6.18 Å². The smallest absolute Gasteiger partial charge is 0.386 e. The van der Waals surface area contributed by atoms with E-state index in [2.05, 4.69) is 0 Å². The number of alkyl halides is 3. The van der Waals surface area contributed by atoms with Gasteiger partial charge in [0.25, 0.3) is 0 Å². The van der Waals surface area contributed by atoms with Crippen LogP contribution in [0.4, 0.5) is 13.2 Å². The lowest BCUT2D eigenvalue weighted by Crippen LogP contribution is -2.48. The van der Waals surface area contributed by atoms with Crippen molar-refractivity contribution in [2.45, 2.75) is 25.2 Å². The number of hydrogen-bond acceptors (Lipinski definition) is 2. The van der Waals surface area contributed by atoms with Gasteiger partial charge in [0.15, 0.2) is 6.04 Å². The summed E-state index contributed by atoms with van der Waals surface area (Å²) in [5.41, 5.74) is 1.83. The maximum atomic E-state index is 13.0. The first-order valence-electron chi connectivity index (χ1n) is 6.96. The Balaban J connectivity index is 2.24. The van der Waals surface area contributed by atoms with Crippen molar-refractivity contribution in [2.75, 3.05) is 0 Å². The largest absolute Gasteiger partial charge is 0.411 e. The number of carbonyl (C=O) groups is 1. The Morgan fingerprint density at radius 3 is 2.00 bits per heavy atom. The molecular formula is C17H16F3NO2. The number of amides is 1. The summed E-state index contributed by atoms with van der Waals surface area (Å²) in [6.45, 7) is 0.976. The number of nitrogens with one attached hydrogen (secondary N) is 1. The van der Waals surface area contributed by atoms with Gasteiger partial charge in [-0.15, -0.1) is 0 Å². The van der Waals surface area contributed by atoms with Gasteiger partial charge in [0, 0.05) is 6.92 Å². The van der Waals surface area contributed by atoms with E-state index in [0.29, 0.717) is 0 Å². The van der Waals surface area contributed by atoms with E-state index in [1.165, 1.54) is 12.1 Å². The summed E-state index contributed by atoms with van der Waals surface area (Å²) in [6.07, 6.45) is -6.62. The topological polar surface area (TPSA) is 49.3 Å². The number of halogens is 3. The van der Waals surface area contributed by atoms with Crippen molar-refractivity contribution in [3.8, 4) is 11.1 Å². The van der Waals surface area contributed by atoms with E-state index in [4.69, 9.17) is 0 Å². The first-order valence-corrected chi connectivity index (χ1v) is 6.96. The highest BCUT2D eigenvalue weighted by atomic mass is 19.4. The van der Waals surface area contributed by atoms with E-state index < -0.39 is 24.2 Å². The number of rotatable bonds is 4. The van der Waals surface area contributed by atoms with Crippen LogP contribution < -0.4 is 5.32 Å². The van der Waals surface area contributed by atoms with Crippen LogP contribution in [-0.2, 0) is 4.79 Å². The molecule has 1 amide bonds. The zero-order valence-electron chi connectivity index (χ0n) is 12.3. The standard InChI is InChI=1S/C17H16F3NO2/c1-11(22)21-16(17(18,19)20)15(23)14-9-7-13(8-10-14)12-5-3-2-4-6-12/h2-10,15-16,23H,1H3,(H,21,22). The normalized spacial score (nSPS) is 14.1. The van der Waals surface area contributed by atoms with Gasteiger partial charge in [0.1, 0.15) is 6.10 Å². The van der Waals surface area contributed by atoms with Gasteiger partial charge < -0.3 is 10.4 Å². The Labute approximate surface area is 131 Å². The molecule has 0 bridgehead atoms. The fourth-order valence-corrected chi connectivity index (χ4v) is 2.25. The summed E-state index contributed by atoms with van der Waals surface area (Å²) >= 11 is 0. The fourth-order valence-electron chi connectivity index (χ4n) is 2.25. The van der Waals surface area contributed by atoms with Gasteiger partial charge in [0.05, 0.1) is 0 Å². The highest BCUT2D eigenvalue weighted by molar-refractivity contribution is 5.73. The van der Waals surface area contributed by atoms with Gasteiger partial charge in [-0.3, -0.25) is 4.79 Å². The molecule has 2 aromatic carbocycles. The van der Waals surface area contributed by atoms with Crippen LogP contribution in [0, 0.1) is 0 Å². The van der Waals surface area contributed by atoms with Gasteiger partial charge in [0.2, 0.25) is 5.91 Å². The Morgan fingerprint density at radius 1 is 1.00 bits per heavy atom. The molecule has 2 rings (SSSR count). The molecule has 3 nitrogen and oxygen atoms in total. The van der Waals surface area contributed by atoms with Crippen molar-refractivity contribution in [3.63, 3.8) is 0 Å². The predicted molar refractivity (Wildman–Crippen MR) is 80.5 cm³/mol. The van der Waals surface area contributed by atoms with Crippen LogP contribution in [0.3, 0.4) is 0 Å². The fraction of sp³-hybridized carbons (Fsp3) is 0.235. The summed E-state index contributed by atoms with van der Waals surface area (Å²) in [7, 11) is 0. The SMILES string of the molecule is CC(=O)NC(C(O)c1ccc(-c2ccccc2)cc1)C(F)(F)F. The van der Waals surface area contributed by atoms with E-state index >= 15 is 0 Å². The third kappa shape index (κ3) is 4.32. The third-order valence-electron chi connectivity index (χ3n) is 3.39. The van der Waals surface area contributed by atoms with Crippen molar-refractivity contribution >= 4 is 5.91 Å². The maximum Gasteiger partial charge on any atom is 0.411 e. The van der Waals surface area contributed by atoms with Crippen molar-refractivity contribution in [1.82, 2.24) is 5.32 Å². The van der Waals surface area contributed by atoms with Crippen LogP contribution in [-0.4, -0.2) is 23.2 Å². The lowest BCUT2D eigenvalue weighted by Gasteiger charge is -2.26. The van der Waals surface area contributed by atoms with E-state index in [0.717, 1.165) is 18.1 Å². The molecule has 0 aliphatic carbocycles. The molecule has 122 valence electrons. The molecule has 0 aliphatic heterocycles. The molecule has 0 saturated carbocycles. The van der Waals surface area contributed by atoms with Gasteiger partial charge in [-0.1, -0.05) is 54.6 Å². The Bertz CT molecular complexity index is 654. The van der Waals surface area contributed by atoms with Gasteiger partial charge in [-0.2, -0.15) is 13.2 Å². The zero-order chi connectivity index (χ0) is 17.0. The Hall–Kier alpha value is -2.34. The first kappa shape index (κ1) is 17.0. The van der Waals surface area contributed by atoms with Gasteiger partial charge in [-0.25, -0.2) is 0 Å². The van der Waals surface area contributed by atoms with E-state index in [1.54, 1.807) is 17.4 Å². The molecular weight excluding hydrogens is 307 g/mol. The second-order valence-corrected chi connectivity index (χ2v) is 5.15. The lowest BCUT2D eigenvalue weighted by molar-refractivity contribution is -0.181. The quantitative estimate of drug-likeness (QED) is 0.905. The minimum Gasteiger partial charge on any atom is -0.386 e. The molecule has 2 N–H and O–H groups in total. The highest BCUT2D eigenvalue weighted by Gasteiger charge is 2.45. The van der Waals surface area contributed by atoms with Crippen LogP contribution in [0.25, 0.3) is 11.1 Å². The van der Waals surface area contributed by atoms with Crippen LogP contribution >= 0.6 is 0 Å². The minimum atomic E-state index is -4.75. The van der Waals surface area contributed by atoms with Crippen molar-refractivity contribution in [3.05, 3.63) is 60.2 Å². The van der Waals surface area contributed by atoms with E-state index in [9.17, 15) is 23.1 Å². The minimum absolute atomic E-state index is 0.0840. The first-order chi connectivity index (χ1) is 10.8.